The first-order chi connectivity index (χ1) is 10.1. The van der Waals surface area contributed by atoms with Crippen molar-refractivity contribution in [1.29, 1.82) is 0 Å². The number of hydrogen-bond donors (Lipinski definition) is 1. The average molecular weight is 282 g/mol. The van der Waals surface area contributed by atoms with Crippen LogP contribution in [0, 0.1) is 13.8 Å². The molecule has 110 valence electrons. The van der Waals surface area contributed by atoms with Gasteiger partial charge in [0.05, 0.1) is 12.7 Å². The second-order valence-corrected chi connectivity index (χ2v) is 5.97. The van der Waals surface area contributed by atoms with Crippen LogP contribution in [0.2, 0.25) is 0 Å². The highest BCUT2D eigenvalue weighted by Crippen LogP contribution is 2.38. The molecule has 2 heteroatoms. The number of para-hydroxylation sites is 1. The molecule has 21 heavy (non-hydrogen) atoms. The number of aryl methyl sites for hydroxylation is 2. The van der Waals surface area contributed by atoms with E-state index in [0.29, 0.717) is 5.92 Å². The van der Waals surface area contributed by atoms with Crippen LogP contribution in [-0.2, 0) is 0 Å². The summed E-state index contributed by atoms with van der Waals surface area (Å²) in [5.74, 6) is 1.34. The largest absolute Gasteiger partial charge is 0.493 e. The van der Waals surface area contributed by atoms with E-state index in [2.05, 4.69) is 32.0 Å². The number of benzene rings is 2. The van der Waals surface area contributed by atoms with Gasteiger partial charge >= 0.3 is 0 Å². The fourth-order valence-electron chi connectivity index (χ4n) is 3.04. The zero-order chi connectivity index (χ0) is 14.8. The Kier molecular flexibility index (Phi) is 3.98. The molecule has 1 N–H and O–H groups in total. The lowest BCUT2D eigenvalue weighted by Crippen LogP contribution is -2.16. The Labute approximate surface area is 126 Å². The van der Waals surface area contributed by atoms with Crippen molar-refractivity contribution in [3.05, 3.63) is 64.7 Å². The van der Waals surface area contributed by atoms with Crippen LogP contribution < -0.4 is 4.74 Å². The van der Waals surface area contributed by atoms with Gasteiger partial charge in [-0.1, -0.05) is 36.4 Å². The van der Waals surface area contributed by atoms with Crippen LogP contribution in [0.25, 0.3) is 0 Å². The van der Waals surface area contributed by atoms with Gasteiger partial charge in [0.25, 0.3) is 0 Å². The molecular weight excluding hydrogens is 260 g/mol. The molecule has 2 aromatic carbocycles. The molecule has 2 nitrogen and oxygen atoms in total. The molecular formula is C19H22O2. The van der Waals surface area contributed by atoms with E-state index in [0.717, 1.165) is 30.8 Å². The molecule has 0 aliphatic carbocycles. The van der Waals surface area contributed by atoms with Crippen molar-refractivity contribution < 1.29 is 9.84 Å². The second-order valence-electron chi connectivity index (χ2n) is 5.97. The molecule has 2 atom stereocenters. The van der Waals surface area contributed by atoms with E-state index in [9.17, 15) is 5.11 Å². The van der Waals surface area contributed by atoms with Gasteiger partial charge in [-0.2, -0.15) is 0 Å². The minimum absolute atomic E-state index is 0.367. The van der Waals surface area contributed by atoms with Crippen LogP contribution in [-0.4, -0.2) is 11.7 Å². The van der Waals surface area contributed by atoms with Crippen molar-refractivity contribution in [2.24, 2.45) is 0 Å². The van der Waals surface area contributed by atoms with Gasteiger partial charge in [-0.25, -0.2) is 0 Å². The molecule has 1 aliphatic rings. The zero-order valence-electron chi connectivity index (χ0n) is 12.7. The van der Waals surface area contributed by atoms with E-state index >= 15 is 0 Å². The van der Waals surface area contributed by atoms with E-state index in [1.165, 1.54) is 16.7 Å². The van der Waals surface area contributed by atoms with Crippen molar-refractivity contribution in [1.82, 2.24) is 0 Å². The lowest BCUT2D eigenvalue weighted by molar-refractivity contribution is 0.145. The molecule has 0 saturated carbocycles. The lowest BCUT2D eigenvalue weighted by atomic mass is 9.86. The highest BCUT2D eigenvalue weighted by Gasteiger charge is 2.24. The molecule has 2 aromatic rings. The van der Waals surface area contributed by atoms with Crippen LogP contribution in [0.1, 0.15) is 47.1 Å². The summed E-state index contributed by atoms with van der Waals surface area (Å²) in [5, 5.41) is 10.6. The molecule has 1 heterocycles. The van der Waals surface area contributed by atoms with Crippen LogP contribution >= 0.6 is 0 Å². The van der Waals surface area contributed by atoms with Crippen molar-refractivity contribution >= 4 is 0 Å². The highest BCUT2D eigenvalue weighted by atomic mass is 16.5. The Morgan fingerprint density at radius 1 is 1.14 bits per heavy atom. The summed E-state index contributed by atoms with van der Waals surface area (Å²) in [6.07, 6.45) is 1.31. The molecule has 0 bridgehead atoms. The van der Waals surface area contributed by atoms with E-state index < -0.39 is 6.10 Å². The summed E-state index contributed by atoms with van der Waals surface area (Å²) in [4.78, 5) is 0. The summed E-state index contributed by atoms with van der Waals surface area (Å²) in [5.41, 5.74) is 4.75. The van der Waals surface area contributed by atoms with Gasteiger partial charge in [0.1, 0.15) is 5.75 Å². The Bertz CT molecular complexity index is 633. The maximum Gasteiger partial charge on any atom is 0.122 e. The predicted octanol–water partition coefficient (Wildman–Crippen LogP) is 4.29. The zero-order valence-corrected chi connectivity index (χ0v) is 12.7. The first-order valence-corrected chi connectivity index (χ1v) is 7.62. The standard InChI is InChI=1S/C19H22O2/c1-13-7-8-16(11-14(13)2)18(20)12-15-9-10-21-19-6-4-3-5-17(15)19/h3-8,11,15,18,20H,9-10,12H2,1-2H3. The summed E-state index contributed by atoms with van der Waals surface area (Å²) in [6.45, 7) is 4.93. The molecule has 3 rings (SSSR count). The van der Waals surface area contributed by atoms with Crippen LogP contribution in [0.5, 0.6) is 5.75 Å². The average Bonchev–Trinajstić information content (AvgIpc) is 2.50. The third-order valence-electron chi connectivity index (χ3n) is 4.51. The van der Waals surface area contributed by atoms with Crippen LogP contribution in [0.4, 0.5) is 0 Å². The Morgan fingerprint density at radius 3 is 2.76 bits per heavy atom. The third-order valence-corrected chi connectivity index (χ3v) is 4.51. The van der Waals surface area contributed by atoms with Gasteiger partial charge in [0, 0.05) is 0 Å². The Balaban J connectivity index is 1.79. The van der Waals surface area contributed by atoms with E-state index in [-0.39, 0.29) is 0 Å². The summed E-state index contributed by atoms with van der Waals surface area (Å²) in [7, 11) is 0. The van der Waals surface area contributed by atoms with Gasteiger partial charge in [0.15, 0.2) is 0 Å². The maximum atomic E-state index is 10.6. The first kappa shape index (κ1) is 14.2. The minimum atomic E-state index is -0.416. The molecule has 2 unspecified atom stereocenters. The molecule has 0 radical (unpaired) electrons. The topological polar surface area (TPSA) is 29.5 Å². The lowest BCUT2D eigenvalue weighted by Gasteiger charge is -2.27. The number of aliphatic hydroxyl groups is 1. The number of aliphatic hydroxyl groups excluding tert-OH is 1. The SMILES string of the molecule is Cc1ccc(C(O)CC2CCOc3ccccc32)cc1C. The second kappa shape index (κ2) is 5.90. The Morgan fingerprint density at radius 2 is 1.95 bits per heavy atom. The summed E-state index contributed by atoms with van der Waals surface area (Å²) >= 11 is 0. The van der Waals surface area contributed by atoms with Crippen molar-refractivity contribution in [2.75, 3.05) is 6.61 Å². The normalized spacial score (nSPS) is 18.7. The van der Waals surface area contributed by atoms with Gasteiger partial charge in [-0.3, -0.25) is 0 Å². The van der Waals surface area contributed by atoms with Crippen LogP contribution in [0.3, 0.4) is 0 Å². The van der Waals surface area contributed by atoms with Crippen LogP contribution in [0.15, 0.2) is 42.5 Å². The minimum Gasteiger partial charge on any atom is -0.493 e. The highest BCUT2D eigenvalue weighted by molar-refractivity contribution is 5.38. The number of ether oxygens (including phenoxy) is 1. The summed E-state index contributed by atoms with van der Waals surface area (Å²) < 4.78 is 5.69. The quantitative estimate of drug-likeness (QED) is 0.909. The van der Waals surface area contributed by atoms with E-state index in [4.69, 9.17) is 4.74 Å². The smallest absolute Gasteiger partial charge is 0.122 e. The molecule has 0 saturated heterocycles. The predicted molar refractivity (Wildman–Crippen MR) is 84.8 cm³/mol. The van der Waals surface area contributed by atoms with Crippen molar-refractivity contribution in [3.8, 4) is 5.75 Å². The van der Waals surface area contributed by atoms with Gasteiger partial charge < -0.3 is 9.84 Å². The molecule has 0 amide bonds. The monoisotopic (exact) mass is 282 g/mol. The third kappa shape index (κ3) is 2.96. The molecule has 0 spiro atoms. The van der Waals surface area contributed by atoms with Gasteiger partial charge in [-0.15, -0.1) is 0 Å². The Hall–Kier alpha value is -1.80. The van der Waals surface area contributed by atoms with E-state index in [1.807, 2.05) is 24.3 Å². The fourth-order valence-corrected chi connectivity index (χ4v) is 3.04. The van der Waals surface area contributed by atoms with E-state index in [1.54, 1.807) is 0 Å². The van der Waals surface area contributed by atoms with Gasteiger partial charge in [0.2, 0.25) is 0 Å². The maximum absolute atomic E-state index is 10.6. The molecule has 0 fully saturated rings. The molecule has 0 aromatic heterocycles. The van der Waals surface area contributed by atoms with Crippen molar-refractivity contribution in [2.45, 2.75) is 38.7 Å². The number of hydrogen-bond acceptors (Lipinski definition) is 2. The van der Waals surface area contributed by atoms with Crippen molar-refractivity contribution in [3.63, 3.8) is 0 Å². The van der Waals surface area contributed by atoms with Gasteiger partial charge in [-0.05, 0) is 60.9 Å². The summed E-state index contributed by atoms with van der Waals surface area (Å²) in [6, 6.07) is 14.4. The molecule has 1 aliphatic heterocycles. The fraction of sp³-hybridized carbons (Fsp3) is 0.368. The number of rotatable bonds is 3. The first-order valence-electron chi connectivity index (χ1n) is 7.62. The number of fused-ring (bicyclic) bond motifs is 1.